The first kappa shape index (κ1) is 16.7. The number of nitrogens with zero attached hydrogens (tertiary/aromatic N) is 1. The molecule has 21 heavy (non-hydrogen) atoms. The number of hydrogen-bond donors (Lipinski definition) is 2. The summed E-state index contributed by atoms with van der Waals surface area (Å²) in [4.78, 5) is 35.6. The van der Waals surface area contributed by atoms with Gasteiger partial charge >= 0.3 is 5.97 Å². The maximum Gasteiger partial charge on any atom is 0.323 e. The van der Waals surface area contributed by atoms with Crippen molar-refractivity contribution in [2.75, 3.05) is 18.0 Å². The van der Waals surface area contributed by atoms with Gasteiger partial charge in [0.2, 0.25) is 11.8 Å². The molecule has 0 aromatic heterocycles. The van der Waals surface area contributed by atoms with Crippen molar-refractivity contribution in [1.82, 2.24) is 5.32 Å². The van der Waals surface area contributed by atoms with E-state index in [1.165, 1.54) is 4.90 Å². The number of amides is 2. The Kier molecular flexibility index (Phi) is 6.94. The van der Waals surface area contributed by atoms with E-state index in [2.05, 4.69) is 5.32 Å². The highest BCUT2D eigenvalue weighted by molar-refractivity contribution is 5.97. The van der Waals surface area contributed by atoms with Crippen molar-refractivity contribution < 1.29 is 19.5 Å². The van der Waals surface area contributed by atoms with Gasteiger partial charge < -0.3 is 15.3 Å². The first-order valence-corrected chi connectivity index (χ1v) is 6.88. The molecule has 6 heteroatoms. The lowest BCUT2D eigenvalue weighted by Gasteiger charge is -2.20. The zero-order valence-corrected chi connectivity index (χ0v) is 12.0. The van der Waals surface area contributed by atoms with Gasteiger partial charge in [0.05, 0.1) is 0 Å². The molecule has 0 unspecified atom stereocenters. The second-order valence-corrected chi connectivity index (χ2v) is 4.52. The van der Waals surface area contributed by atoms with E-state index in [-0.39, 0.29) is 31.2 Å². The number of carbonyl (C=O) groups excluding carboxylic acids is 2. The van der Waals surface area contributed by atoms with Gasteiger partial charge in [-0.05, 0) is 25.5 Å². The summed E-state index contributed by atoms with van der Waals surface area (Å²) in [6, 6.07) is 8.65. The second kappa shape index (κ2) is 8.73. The minimum absolute atomic E-state index is 0.102. The van der Waals surface area contributed by atoms with Gasteiger partial charge in [0.1, 0.15) is 6.54 Å². The molecule has 0 spiro atoms. The Morgan fingerprint density at radius 3 is 2.38 bits per heavy atom. The second-order valence-electron chi connectivity index (χ2n) is 4.52. The number of rotatable bonds is 8. The third-order valence-corrected chi connectivity index (χ3v) is 2.83. The van der Waals surface area contributed by atoms with Crippen molar-refractivity contribution in [2.45, 2.75) is 26.2 Å². The van der Waals surface area contributed by atoms with Gasteiger partial charge in [0.15, 0.2) is 0 Å². The molecule has 6 nitrogen and oxygen atoms in total. The number of benzene rings is 1. The predicted octanol–water partition coefficient (Wildman–Crippen LogP) is 1.41. The fourth-order valence-corrected chi connectivity index (χ4v) is 1.89. The van der Waals surface area contributed by atoms with Gasteiger partial charge in [0, 0.05) is 25.1 Å². The molecular formula is C15H20N2O4. The summed E-state index contributed by atoms with van der Waals surface area (Å²) >= 11 is 0. The van der Waals surface area contributed by atoms with Crippen LogP contribution in [0.5, 0.6) is 0 Å². The summed E-state index contributed by atoms with van der Waals surface area (Å²) in [6.45, 7) is 2.00. The van der Waals surface area contributed by atoms with Crippen molar-refractivity contribution in [3.05, 3.63) is 30.3 Å². The van der Waals surface area contributed by atoms with E-state index in [0.717, 1.165) is 0 Å². The van der Waals surface area contributed by atoms with Gasteiger partial charge in [-0.1, -0.05) is 18.2 Å². The molecule has 0 fully saturated rings. The number of carboxylic acid groups (broad SMARTS) is 1. The van der Waals surface area contributed by atoms with Crippen LogP contribution in [0.15, 0.2) is 30.3 Å². The number of nitrogens with one attached hydrogen (secondary N) is 1. The summed E-state index contributed by atoms with van der Waals surface area (Å²) < 4.78 is 0. The zero-order chi connectivity index (χ0) is 15.7. The summed E-state index contributed by atoms with van der Waals surface area (Å²) in [5, 5.41) is 11.6. The Labute approximate surface area is 123 Å². The Balaban J connectivity index is 2.60. The molecule has 2 N–H and O–H groups in total. The summed E-state index contributed by atoms with van der Waals surface area (Å²) in [7, 11) is 0. The largest absolute Gasteiger partial charge is 0.480 e. The highest BCUT2D eigenvalue weighted by Gasteiger charge is 2.18. The lowest BCUT2D eigenvalue weighted by molar-refractivity contribution is -0.136. The normalized spacial score (nSPS) is 9.95. The highest BCUT2D eigenvalue weighted by atomic mass is 16.4. The molecule has 0 aliphatic carbocycles. The van der Waals surface area contributed by atoms with Crippen LogP contribution in [0.25, 0.3) is 0 Å². The van der Waals surface area contributed by atoms with Gasteiger partial charge in [0.25, 0.3) is 0 Å². The molecule has 2 amide bonds. The fourth-order valence-electron chi connectivity index (χ4n) is 1.89. The van der Waals surface area contributed by atoms with E-state index in [9.17, 15) is 14.4 Å². The van der Waals surface area contributed by atoms with Gasteiger partial charge in [-0.3, -0.25) is 14.4 Å². The lowest BCUT2D eigenvalue weighted by Crippen LogP contribution is -2.35. The van der Waals surface area contributed by atoms with Crippen molar-refractivity contribution in [3.63, 3.8) is 0 Å². The zero-order valence-electron chi connectivity index (χ0n) is 12.0. The van der Waals surface area contributed by atoms with E-state index in [1.807, 2.05) is 6.92 Å². The summed E-state index contributed by atoms with van der Waals surface area (Å²) in [5.74, 6) is -1.47. The molecule has 0 bridgehead atoms. The molecule has 0 atom stereocenters. The third kappa shape index (κ3) is 6.07. The van der Waals surface area contributed by atoms with Crippen LogP contribution >= 0.6 is 0 Å². The standard InChI is InChI=1S/C15H20N2O4/c1-2-16-13(18)9-6-10-14(19)17(11-15(20)21)12-7-4-3-5-8-12/h3-5,7-8H,2,6,9-11H2,1H3,(H,16,18)(H,20,21). The Hall–Kier alpha value is -2.37. The highest BCUT2D eigenvalue weighted by Crippen LogP contribution is 2.15. The fraction of sp³-hybridized carbons (Fsp3) is 0.400. The molecule has 114 valence electrons. The van der Waals surface area contributed by atoms with Crippen molar-refractivity contribution >= 4 is 23.5 Å². The number of hydrogen-bond acceptors (Lipinski definition) is 3. The van der Waals surface area contributed by atoms with Gasteiger partial charge in [-0.15, -0.1) is 0 Å². The van der Waals surface area contributed by atoms with Crippen LogP contribution in [0, 0.1) is 0 Å². The first-order chi connectivity index (χ1) is 10.0. The van der Waals surface area contributed by atoms with Gasteiger partial charge in [-0.25, -0.2) is 0 Å². The molecule has 0 aliphatic rings. The molecule has 0 saturated carbocycles. The topological polar surface area (TPSA) is 86.7 Å². The van der Waals surface area contributed by atoms with Crippen LogP contribution in [0.3, 0.4) is 0 Å². The van der Waals surface area contributed by atoms with Crippen LogP contribution in [0.2, 0.25) is 0 Å². The maximum absolute atomic E-state index is 12.1. The van der Waals surface area contributed by atoms with Crippen molar-refractivity contribution in [2.24, 2.45) is 0 Å². The SMILES string of the molecule is CCNC(=O)CCCC(=O)N(CC(=O)O)c1ccccc1. The molecule has 1 aromatic carbocycles. The number of aliphatic carboxylic acids is 1. The maximum atomic E-state index is 12.1. The minimum atomic E-state index is -1.07. The van der Waals surface area contributed by atoms with Crippen LogP contribution in [-0.4, -0.2) is 36.0 Å². The van der Waals surface area contributed by atoms with E-state index in [1.54, 1.807) is 30.3 Å². The van der Waals surface area contributed by atoms with Crippen molar-refractivity contribution in [1.29, 1.82) is 0 Å². The molecule has 1 rings (SSSR count). The van der Waals surface area contributed by atoms with Crippen LogP contribution in [-0.2, 0) is 14.4 Å². The number of carbonyl (C=O) groups is 3. The number of carboxylic acids is 1. The molecular weight excluding hydrogens is 272 g/mol. The van der Waals surface area contributed by atoms with Crippen LogP contribution < -0.4 is 10.2 Å². The van der Waals surface area contributed by atoms with Crippen molar-refractivity contribution in [3.8, 4) is 0 Å². The molecule has 1 aromatic rings. The smallest absolute Gasteiger partial charge is 0.323 e. The van der Waals surface area contributed by atoms with E-state index >= 15 is 0 Å². The van der Waals surface area contributed by atoms with Crippen LogP contribution in [0.1, 0.15) is 26.2 Å². The molecule has 0 aliphatic heterocycles. The average molecular weight is 292 g/mol. The van der Waals surface area contributed by atoms with E-state index < -0.39 is 5.97 Å². The van der Waals surface area contributed by atoms with Gasteiger partial charge in [-0.2, -0.15) is 0 Å². The third-order valence-electron chi connectivity index (χ3n) is 2.83. The van der Waals surface area contributed by atoms with E-state index in [4.69, 9.17) is 5.11 Å². The monoisotopic (exact) mass is 292 g/mol. The lowest BCUT2D eigenvalue weighted by atomic mass is 10.2. The predicted molar refractivity (Wildman–Crippen MR) is 79.0 cm³/mol. The van der Waals surface area contributed by atoms with E-state index in [0.29, 0.717) is 18.7 Å². The quantitative estimate of drug-likeness (QED) is 0.758. The Morgan fingerprint density at radius 1 is 1.14 bits per heavy atom. The minimum Gasteiger partial charge on any atom is -0.480 e. The Bertz CT molecular complexity index is 488. The number of para-hydroxylation sites is 1. The summed E-state index contributed by atoms with van der Waals surface area (Å²) in [6.07, 6.45) is 0.794. The average Bonchev–Trinajstić information content (AvgIpc) is 2.45. The Morgan fingerprint density at radius 2 is 1.81 bits per heavy atom. The molecule has 0 radical (unpaired) electrons. The number of anilines is 1. The first-order valence-electron chi connectivity index (χ1n) is 6.88. The molecule has 0 saturated heterocycles. The van der Waals surface area contributed by atoms with Crippen LogP contribution in [0.4, 0.5) is 5.69 Å². The molecule has 0 heterocycles. The summed E-state index contributed by atoms with van der Waals surface area (Å²) in [5.41, 5.74) is 0.544.